The molecular weight excluding hydrogens is 252 g/mol. The van der Waals surface area contributed by atoms with Crippen LogP contribution in [0.3, 0.4) is 0 Å². The Morgan fingerprint density at radius 2 is 2.00 bits per heavy atom. The fourth-order valence-corrected chi connectivity index (χ4v) is 3.87. The third kappa shape index (κ3) is 3.73. The van der Waals surface area contributed by atoms with Gasteiger partial charge in [0.15, 0.2) is 0 Å². The molecule has 3 unspecified atom stereocenters. The first-order valence-corrected chi connectivity index (χ1v) is 8.26. The highest BCUT2D eigenvalue weighted by molar-refractivity contribution is 5.78. The maximum absolute atomic E-state index is 11.6. The molecule has 0 spiro atoms. The number of nitrogens with zero attached hydrogens (tertiary/aromatic N) is 1. The smallest absolute Gasteiger partial charge is 0.324 e. The third-order valence-corrected chi connectivity index (χ3v) is 5.15. The summed E-state index contributed by atoms with van der Waals surface area (Å²) in [6.45, 7) is 7.47. The molecule has 0 radical (unpaired) electrons. The average Bonchev–Trinajstić information content (AvgIpc) is 2.45. The highest BCUT2D eigenvalue weighted by Crippen LogP contribution is 2.36. The van der Waals surface area contributed by atoms with Crippen molar-refractivity contribution < 1.29 is 9.90 Å². The van der Waals surface area contributed by atoms with Gasteiger partial charge in [0.05, 0.1) is 0 Å². The van der Waals surface area contributed by atoms with Crippen molar-refractivity contribution >= 4 is 5.97 Å². The number of fused-ring (bicyclic) bond motifs is 1. The molecule has 4 heteroatoms. The number of likely N-dealkylation sites (tertiary alicyclic amines) is 1. The van der Waals surface area contributed by atoms with Gasteiger partial charge in [-0.25, -0.2) is 0 Å². The summed E-state index contributed by atoms with van der Waals surface area (Å²) in [4.78, 5) is 14.0. The number of aliphatic carboxylic acids is 1. The zero-order valence-electron chi connectivity index (χ0n) is 13.0. The van der Waals surface area contributed by atoms with Crippen molar-refractivity contribution in [3.63, 3.8) is 0 Å². The minimum Gasteiger partial charge on any atom is -0.480 e. The molecule has 0 aromatic heterocycles. The lowest BCUT2D eigenvalue weighted by atomic mass is 9.75. The van der Waals surface area contributed by atoms with Gasteiger partial charge in [-0.05, 0) is 51.1 Å². The van der Waals surface area contributed by atoms with Crippen LogP contribution in [0.4, 0.5) is 0 Å². The summed E-state index contributed by atoms with van der Waals surface area (Å²) >= 11 is 0. The zero-order valence-corrected chi connectivity index (χ0v) is 13.0. The van der Waals surface area contributed by atoms with Crippen molar-refractivity contribution in [3.8, 4) is 0 Å². The van der Waals surface area contributed by atoms with Gasteiger partial charge in [0.1, 0.15) is 5.54 Å². The zero-order chi connectivity index (χ0) is 14.6. The normalized spacial score (nSPS) is 30.5. The third-order valence-electron chi connectivity index (χ3n) is 5.15. The summed E-state index contributed by atoms with van der Waals surface area (Å²) in [6, 6.07) is 0. The van der Waals surface area contributed by atoms with Crippen molar-refractivity contribution in [2.45, 2.75) is 57.9 Å². The minimum absolute atomic E-state index is 0.631. The first-order valence-electron chi connectivity index (χ1n) is 8.26. The van der Waals surface area contributed by atoms with E-state index >= 15 is 0 Å². The van der Waals surface area contributed by atoms with Gasteiger partial charge in [-0.1, -0.05) is 26.2 Å². The molecule has 1 saturated carbocycles. The molecule has 0 bridgehead atoms. The van der Waals surface area contributed by atoms with Crippen LogP contribution in [-0.2, 0) is 4.79 Å². The summed E-state index contributed by atoms with van der Waals surface area (Å²) in [7, 11) is 0. The molecule has 1 aliphatic heterocycles. The van der Waals surface area contributed by atoms with Gasteiger partial charge in [-0.15, -0.1) is 0 Å². The quantitative estimate of drug-likeness (QED) is 0.785. The number of piperidine rings is 1. The Bertz CT molecular complexity index is 334. The van der Waals surface area contributed by atoms with E-state index in [9.17, 15) is 9.90 Å². The molecule has 1 heterocycles. The number of rotatable bonds is 6. The van der Waals surface area contributed by atoms with Crippen molar-refractivity contribution in [2.24, 2.45) is 11.8 Å². The van der Waals surface area contributed by atoms with E-state index in [0.717, 1.165) is 37.9 Å². The summed E-state index contributed by atoms with van der Waals surface area (Å²) in [5, 5.41) is 12.8. The van der Waals surface area contributed by atoms with Crippen LogP contribution in [0.5, 0.6) is 0 Å². The Kier molecular flexibility index (Phi) is 5.44. The van der Waals surface area contributed by atoms with Crippen LogP contribution in [0.2, 0.25) is 0 Å². The van der Waals surface area contributed by atoms with Crippen LogP contribution in [0.15, 0.2) is 0 Å². The summed E-state index contributed by atoms with van der Waals surface area (Å²) < 4.78 is 0. The SMILES string of the molecule is CCCNC(C)(CN1CCC2CCCCC2C1)C(=O)O. The Hall–Kier alpha value is -0.610. The number of hydrogen-bond donors (Lipinski definition) is 2. The fraction of sp³-hybridized carbons (Fsp3) is 0.938. The summed E-state index contributed by atoms with van der Waals surface area (Å²) in [6.07, 6.45) is 7.71. The Balaban J connectivity index is 1.92. The van der Waals surface area contributed by atoms with E-state index in [4.69, 9.17) is 0 Å². The molecule has 2 rings (SSSR count). The second-order valence-corrected chi connectivity index (χ2v) is 6.89. The minimum atomic E-state index is -0.808. The van der Waals surface area contributed by atoms with Crippen molar-refractivity contribution in [3.05, 3.63) is 0 Å². The van der Waals surface area contributed by atoms with Crippen LogP contribution < -0.4 is 5.32 Å². The first kappa shape index (κ1) is 15.8. The van der Waals surface area contributed by atoms with E-state index in [0.29, 0.717) is 6.54 Å². The molecule has 0 amide bonds. The summed E-state index contributed by atoms with van der Waals surface area (Å²) in [5.41, 5.74) is -0.808. The number of carbonyl (C=O) groups is 1. The largest absolute Gasteiger partial charge is 0.480 e. The molecule has 2 aliphatic rings. The topological polar surface area (TPSA) is 52.6 Å². The molecule has 0 aromatic rings. The molecule has 3 atom stereocenters. The predicted octanol–water partition coefficient (Wildman–Crippen LogP) is 2.34. The monoisotopic (exact) mass is 282 g/mol. The lowest BCUT2D eigenvalue weighted by Gasteiger charge is -2.43. The molecule has 2 fully saturated rings. The van der Waals surface area contributed by atoms with Crippen molar-refractivity contribution in [2.75, 3.05) is 26.2 Å². The van der Waals surface area contributed by atoms with E-state index < -0.39 is 11.5 Å². The second-order valence-electron chi connectivity index (χ2n) is 6.89. The van der Waals surface area contributed by atoms with Crippen LogP contribution >= 0.6 is 0 Å². The molecule has 1 saturated heterocycles. The highest BCUT2D eigenvalue weighted by atomic mass is 16.4. The Morgan fingerprint density at radius 1 is 1.30 bits per heavy atom. The Morgan fingerprint density at radius 3 is 2.65 bits per heavy atom. The molecule has 4 nitrogen and oxygen atoms in total. The molecule has 116 valence electrons. The first-order chi connectivity index (χ1) is 9.55. The van der Waals surface area contributed by atoms with E-state index in [-0.39, 0.29) is 0 Å². The van der Waals surface area contributed by atoms with E-state index in [2.05, 4.69) is 17.1 Å². The van der Waals surface area contributed by atoms with Crippen LogP contribution in [0.25, 0.3) is 0 Å². The average molecular weight is 282 g/mol. The van der Waals surface area contributed by atoms with Gasteiger partial charge in [0.2, 0.25) is 0 Å². The van der Waals surface area contributed by atoms with Gasteiger partial charge in [-0.3, -0.25) is 4.79 Å². The fourth-order valence-electron chi connectivity index (χ4n) is 3.87. The van der Waals surface area contributed by atoms with Crippen LogP contribution in [-0.4, -0.2) is 47.7 Å². The molecule has 2 N–H and O–H groups in total. The maximum atomic E-state index is 11.6. The summed E-state index contributed by atoms with van der Waals surface area (Å²) in [5.74, 6) is 0.984. The van der Waals surface area contributed by atoms with Gasteiger partial charge < -0.3 is 15.3 Å². The molecule has 1 aliphatic carbocycles. The maximum Gasteiger partial charge on any atom is 0.324 e. The van der Waals surface area contributed by atoms with Gasteiger partial charge in [0.25, 0.3) is 0 Å². The lowest BCUT2D eigenvalue weighted by Crippen LogP contribution is -2.59. The van der Waals surface area contributed by atoms with E-state index in [1.165, 1.54) is 32.1 Å². The predicted molar refractivity (Wildman–Crippen MR) is 80.8 cm³/mol. The molecule has 20 heavy (non-hydrogen) atoms. The molecule has 0 aromatic carbocycles. The standard InChI is InChI=1S/C16H30N2O2/c1-3-9-17-16(2,15(19)20)12-18-10-8-13-6-4-5-7-14(13)11-18/h13-14,17H,3-12H2,1-2H3,(H,19,20). The highest BCUT2D eigenvalue weighted by Gasteiger charge is 2.38. The number of carboxylic acid groups (broad SMARTS) is 1. The van der Waals surface area contributed by atoms with Gasteiger partial charge in [0, 0.05) is 13.1 Å². The van der Waals surface area contributed by atoms with Crippen molar-refractivity contribution in [1.29, 1.82) is 0 Å². The number of nitrogens with one attached hydrogen (secondary N) is 1. The van der Waals surface area contributed by atoms with E-state index in [1.54, 1.807) is 0 Å². The Labute approximate surface area is 122 Å². The van der Waals surface area contributed by atoms with Crippen LogP contribution in [0, 0.1) is 11.8 Å². The van der Waals surface area contributed by atoms with E-state index in [1.807, 2.05) is 6.92 Å². The van der Waals surface area contributed by atoms with Crippen LogP contribution in [0.1, 0.15) is 52.4 Å². The number of carboxylic acids is 1. The molecular formula is C16H30N2O2. The van der Waals surface area contributed by atoms with Crippen molar-refractivity contribution in [1.82, 2.24) is 10.2 Å². The van der Waals surface area contributed by atoms with Gasteiger partial charge in [-0.2, -0.15) is 0 Å². The lowest BCUT2D eigenvalue weighted by molar-refractivity contribution is -0.145. The van der Waals surface area contributed by atoms with Gasteiger partial charge >= 0.3 is 5.97 Å². The second kappa shape index (κ2) is 6.90. The number of hydrogen-bond acceptors (Lipinski definition) is 3.